The van der Waals surface area contributed by atoms with Gasteiger partial charge in [0.2, 0.25) is 5.75 Å². The molecule has 0 bridgehead atoms. The lowest BCUT2D eigenvalue weighted by atomic mass is 10.1. The minimum Gasteiger partial charge on any atom is -0.489 e. The number of halogens is 1. The summed E-state index contributed by atoms with van der Waals surface area (Å²) in [6, 6.07) is 3.71. The van der Waals surface area contributed by atoms with Crippen LogP contribution < -0.4 is 14.8 Å². The van der Waals surface area contributed by atoms with Gasteiger partial charge in [0, 0.05) is 12.1 Å². The lowest BCUT2D eigenvalue weighted by Crippen LogP contribution is -2.01. The normalized spacial score (nSPS) is 10.2. The predicted molar refractivity (Wildman–Crippen MR) is 79.1 cm³/mol. The number of methoxy groups -OCH3 is 1. The highest BCUT2D eigenvalue weighted by Crippen LogP contribution is 2.35. The van der Waals surface area contributed by atoms with Gasteiger partial charge in [-0.2, -0.15) is 4.98 Å². The number of hydrogen-bond donors (Lipinski definition) is 1. The highest BCUT2D eigenvalue weighted by molar-refractivity contribution is 6.32. The molecule has 0 saturated carbocycles. The Balaban J connectivity index is 2.40. The standard InChI is InChI=1S/C14H16ClN3O2/c1-8-5-10(6-9(2)11(8)15)20-14-12(19-4)13(16-3)17-7-18-14/h5-7H,1-4H3,(H,16,17,18). The number of nitrogens with zero attached hydrogens (tertiary/aromatic N) is 2. The van der Waals surface area contributed by atoms with E-state index in [1.807, 2.05) is 26.0 Å². The van der Waals surface area contributed by atoms with E-state index in [9.17, 15) is 0 Å². The molecule has 0 fully saturated rings. The lowest BCUT2D eigenvalue weighted by Gasteiger charge is -2.13. The van der Waals surface area contributed by atoms with Crippen LogP contribution in [-0.2, 0) is 0 Å². The number of rotatable bonds is 4. The molecule has 0 unspecified atom stereocenters. The van der Waals surface area contributed by atoms with Crippen LogP contribution >= 0.6 is 11.6 Å². The fourth-order valence-corrected chi connectivity index (χ4v) is 1.98. The van der Waals surface area contributed by atoms with Crippen LogP contribution in [0.5, 0.6) is 17.4 Å². The molecular weight excluding hydrogens is 278 g/mol. The van der Waals surface area contributed by atoms with Gasteiger partial charge in [-0.3, -0.25) is 0 Å². The molecule has 0 aliphatic rings. The first-order chi connectivity index (χ1) is 9.56. The van der Waals surface area contributed by atoms with Gasteiger partial charge in [0.25, 0.3) is 5.88 Å². The van der Waals surface area contributed by atoms with Crippen molar-refractivity contribution in [1.82, 2.24) is 9.97 Å². The molecule has 6 heteroatoms. The predicted octanol–water partition coefficient (Wildman–Crippen LogP) is 3.59. The zero-order valence-electron chi connectivity index (χ0n) is 11.8. The van der Waals surface area contributed by atoms with Gasteiger partial charge >= 0.3 is 0 Å². The minimum absolute atomic E-state index is 0.355. The summed E-state index contributed by atoms with van der Waals surface area (Å²) in [6.07, 6.45) is 1.42. The Labute approximate surface area is 122 Å². The van der Waals surface area contributed by atoms with Crippen LogP contribution in [0.15, 0.2) is 18.5 Å². The molecule has 1 aromatic heterocycles. The van der Waals surface area contributed by atoms with Gasteiger partial charge in [-0.05, 0) is 37.1 Å². The summed E-state index contributed by atoms with van der Waals surface area (Å²) in [7, 11) is 3.30. The van der Waals surface area contributed by atoms with E-state index in [0.717, 1.165) is 16.1 Å². The quantitative estimate of drug-likeness (QED) is 0.933. The largest absolute Gasteiger partial charge is 0.489 e. The number of benzene rings is 1. The molecule has 0 radical (unpaired) electrons. The van der Waals surface area contributed by atoms with Gasteiger partial charge in [0.1, 0.15) is 12.1 Å². The van der Waals surface area contributed by atoms with Gasteiger partial charge in [-0.1, -0.05) is 11.6 Å². The van der Waals surface area contributed by atoms with Crippen LogP contribution in [0.1, 0.15) is 11.1 Å². The lowest BCUT2D eigenvalue weighted by molar-refractivity contribution is 0.369. The van der Waals surface area contributed by atoms with Crippen LogP contribution in [-0.4, -0.2) is 24.1 Å². The molecule has 0 aliphatic carbocycles. The fourth-order valence-electron chi connectivity index (χ4n) is 1.87. The zero-order valence-corrected chi connectivity index (χ0v) is 12.6. The Hall–Kier alpha value is -2.01. The molecule has 1 heterocycles. The van der Waals surface area contributed by atoms with Crippen molar-refractivity contribution in [2.75, 3.05) is 19.5 Å². The maximum Gasteiger partial charge on any atom is 0.268 e. The molecule has 1 N–H and O–H groups in total. The molecule has 2 aromatic rings. The first kappa shape index (κ1) is 14.4. The molecule has 0 saturated heterocycles. The second kappa shape index (κ2) is 5.96. The third-order valence-electron chi connectivity index (χ3n) is 2.84. The smallest absolute Gasteiger partial charge is 0.268 e. The summed E-state index contributed by atoms with van der Waals surface area (Å²) in [5.41, 5.74) is 1.90. The molecule has 0 aliphatic heterocycles. The Morgan fingerprint density at radius 2 is 1.80 bits per heavy atom. The van der Waals surface area contributed by atoms with Gasteiger partial charge < -0.3 is 14.8 Å². The van der Waals surface area contributed by atoms with E-state index in [1.165, 1.54) is 6.33 Å². The zero-order chi connectivity index (χ0) is 14.7. The Kier molecular flexibility index (Phi) is 4.29. The van der Waals surface area contributed by atoms with Gasteiger partial charge in [-0.15, -0.1) is 0 Å². The Morgan fingerprint density at radius 3 is 2.35 bits per heavy atom. The topological polar surface area (TPSA) is 56.3 Å². The maximum absolute atomic E-state index is 6.14. The Morgan fingerprint density at radius 1 is 1.15 bits per heavy atom. The van der Waals surface area contributed by atoms with Crippen LogP contribution in [0, 0.1) is 13.8 Å². The second-order valence-corrected chi connectivity index (χ2v) is 4.66. The van der Waals surface area contributed by atoms with Gasteiger partial charge in [-0.25, -0.2) is 4.98 Å². The van der Waals surface area contributed by atoms with E-state index in [1.54, 1.807) is 14.2 Å². The summed E-state index contributed by atoms with van der Waals surface area (Å²) in [4.78, 5) is 8.18. The average Bonchev–Trinajstić information content (AvgIpc) is 2.44. The SMILES string of the molecule is CNc1ncnc(Oc2cc(C)c(Cl)c(C)c2)c1OC. The highest BCUT2D eigenvalue weighted by Gasteiger charge is 2.14. The average molecular weight is 294 g/mol. The number of nitrogens with one attached hydrogen (secondary N) is 1. The maximum atomic E-state index is 6.14. The van der Waals surface area contributed by atoms with Crippen molar-refractivity contribution in [1.29, 1.82) is 0 Å². The molecule has 0 atom stereocenters. The summed E-state index contributed by atoms with van der Waals surface area (Å²) >= 11 is 6.14. The highest BCUT2D eigenvalue weighted by atomic mass is 35.5. The first-order valence-electron chi connectivity index (χ1n) is 6.08. The van der Waals surface area contributed by atoms with Crippen molar-refractivity contribution in [3.63, 3.8) is 0 Å². The van der Waals surface area contributed by atoms with Crippen molar-refractivity contribution >= 4 is 17.4 Å². The molecule has 5 nitrogen and oxygen atoms in total. The fraction of sp³-hybridized carbons (Fsp3) is 0.286. The number of anilines is 1. The van der Waals surface area contributed by atoms with Crippen LogP contribution in [0.4, 0.5) is 5.82 Å². The summed E-state index contributed by atoms with van der Waals surface area (Å²) in [5.74, 6) is 2.04. The van der Waals surface area contributed by atoms with Gasteiger partial charge in [0.15, 0.2) is 5.82 Å². The van der Waals surface area contributed by atoms with Gasteiger partial charge in [0.05, 0.1) is 7.11 Å². The van der Waals surface area contributed by atoms with Crippen molar-refractivity contribution in [3.8, 4) is 17.4 Å². The number of hydrogen-bond acceptors (Lipinski definition) is 5. The summed E-state index contributed by atoms with van der Waals surface area (Å²) in [6.45, 7) is 3.86. The molecule has 20 heavy (non-hydrogen) atoms. The summed E-state index contributed by atoms with van der Waals surface area (Å²) in [5, 5.41) is 3.67. The van der Waals surface area contributed by atoms with E-state index >= 15 is 0 Å². The third kappa shape index (κ3) is 2.77. The van der Waals surface area contributed by atoms with E-state index in [-0.39, 0.29) is 0 Å². The van der Waals surface area contributed by atoms with E-state index < -0.39 is 0 Å². The van der Waals surface area contributed by atoms with Crippen molar-refractivity contribution in [2.24, 2.45) is 0 Å². The second-order valence-electron chi connectivity index (χ2n) is 4.28. The monoisotopic (exact) mass is 293 g/mol. The molecule has 2 rings (SSSR count). The number of ether oxygens (including phenoxy) is 2. The van der Waals surface area contributed by atoms with E-state index in [0.29, 0.717) is 23.2 Å². The number of aryl methyl sites for hydroxylation is 2. The van der Waals surface area contributed by atoms with E-state index in [4.69, 9.17) is 21.1 Å². The molecule has 1 aromatic carbocycles. The first-order valence-corrected chi connectivity index (χ1v) is 6.46. The molecular formula is C14H16ClN3O2. The van der Waals surface area contributed by atoms with Crippen LogP contribution in [0.25, 0.3) is 0 Å². The van der Waals surface area contributed by atoms with Crippen molar-refractivity contribution < 1.29 is 9.47 Å². The van der Waals surface area contributed by atoms with Crippen LogP contribution in [0.3, 0.4) is 0 Å². The van der Waals surface area contributed by atoms with Crippen LogP contribution in [0.2, 0.25) is 5.02 Å². The molecule has 0 amide bonds. The van der Waals surface area contributed by atoms with E-state index in [2.05, 4.69) is 15.3 Å². The minimum atomic E-state index is 0.355. The third-order valence-corrected chi connectivity index (χ3v) is 3.43. The van der Waals surface area contributed by atoms with Crippen molar-refractivity contribution in [3.05, 3.63) is 34.6 Å². The number of aromatic nitrogens is 2. The Bertz CT molecular complexity index is 609. The van der Waals surface area contributed by atoms with Crippen molar-refractivity contribution in [2.45, 2.75) is 13.8 Å². The molecule has 106 valence electrons. The summed E-state index contributed by atoms with van der Waals surface area (Å²) < 4.78 is 11.1. The molecule has 0 spiro atoms.